The molecule has 3 heterocycles. The van der Waals surface area contributed by atoms with Crippen LogP contribution in [-0.4, -0.2) is 70.4 Å². The molecule has 1 amide bonds. The van der Waals surface area contributed by atoms with Gasteiger partial charge in [-0.3, -0.25) is 9.69 Å². The average Bonchev–Trinajstić information content (AvgIpc) is 2.96. The topological polar surface area (TPSA) is 114 Å². The molecule has 3 atom stereocenters. The van der Waals surface area contributed by atoms with Gasteiger partial charge in [0.05, 0.1) is 12.7 Å². The van der Waals surface area contributed by atoms with Crippen molar-refractivity contribution in [2.45, 2.75) is 50.8 Å². The quantitative estimate of drug-likeness (QED) is 0.693. The fourth-order valence-electron chi connectivity index (χ4n) is 3.52. The molecule has 0 bridgehead atoms. The number of amides is 1. The number of aliphatic hydroxyl groups is 1. The summed E-state index contributed by atoms with van der Waals surface area (Å²) in [4.78, 5) is 23.1. The Bertz CT molecular complexity index is 624. The molecule has 0 radical (unpaired) electrons. The number of rotatable bonds is 5. The molecule has 0 aromatic carbocycles. The Labute approximate surface area is 147 Å². The number of nitrogens with two attached hydrogens (primary N) is 1. The number of nitrogens with one attached hydrogen (secondary N) is 1. The molecule has 2 saturated heterocycles. The van der Waals surface area contributed by atoms with Crippen LogP contribution in [0.4, 0.5) is 5.95 Å². The first-order valence-corrected chi connectivity index (χ1v) is 8.88. The summed E-state index contributed by atoms with van der Waals surface area (Å²) >= 11 is 0. The number of anilines is 1. The monoisotopic (exact) mass is 349 g/mol. The summed E-state index contributed by atoms with van der Waals surface area (Å²) in [6.45, 7) is 6.38. The van der Waals surface area contributed by atoms with E-state index < -0.39 is 0 Å². The molecule has 8 heteroatoms. The van der Waals surface area contributed by atoms with E-state index in [-0.39, 0.29) is 36.5 Å². The molecule has 138 valence electrons. The van der Waals surface area contributed by atoms with Gasteiger partial charge in [0.2, 0.25) is 5.95 Å². The molecule has 2 aliphatic rings. The second-order valence-electron chi connectivity index (χ2n) is 7.17. The molecule has 0 unspecified atom stereocenters. The summed E-state index contributed by atoms with van der Waals surface area (Å²) in [5.41, 5.74) is 6.82. The van der Waals surface area contributed by atoms with Crippen molar-refractivity contribution in [3.63, 3.8) is 0 Å². The molecule has 1 aromatic heterocycles. The number of hydrogen-bond acceptors (Lipinski definition) is 7. The van der Waals surface area contributed by atoms with E-state index in [4.69, 9.17) is 15.6 Å². The second-order valence-corrected chi connectivity index (χ2v) is 7.17. The lowest BCUT2D eigenvalue weighted by Crippen LogP contribution is -2.46. The molecule has 3 rings (SSSR count). The van der Waals surface area contributed by atoms with E-state index in [1.807, 2.05) is 13.8 Å². The lowest BCUT2D eigenvalue weighted by atomic mass is 10.1. The number of carbonyl (C=O) groups excluding carboxylic acids is 1. The average molecular weight is 349 g/mol. The maximum atomic E-state index is 12.6. The third kappa shape index (κ3) is 4.26. The molecule has 2 aliphatic heterocycles. The largest absolute Gasteiger partial charge is 0.396 e. The predicted octanol–water partition coefficient (Wildman–Crippen LogP) is 0.136. The zero-order valence-corrected chi connectivity index (χ0v) is 14.8. The minimum atomic E-state index is -0.214. The van der Waals surface area contributed by atoms with Crippen molar-refractivity contribution < 1.29 is 14.6 Å². The predicted molar refractivity (Wildman–Crippen MR) is 93.2 cm³/mol. The third-order valence-corrected chi connectivity index (χ3v) is 4.86. The highest BCUT2D eigenvalue weighted by molar-refractivity contribution is 5.92. The van der Waals surface area contributed by atoms with Crippen LogP contribution < -0.4 is 11.1 Å². The van der Waals surface area contributed by atoms with Gasteiger partial charge < -0.3 is 20.9 Å². The number of nitrogens with zero attached hydrogens (tertiary/aromatic N) is 3. The van der Waals surface area contributed by atoms with Gasteiger partial charge in [-0.1, -0.05) is 13.8 Å². The fourth-order valence-corrected chi connectivity index (χ4v) is 3.52. The molecule has 25 heavy (non-hydrogen) atoms. The zero-order chi connectivity index (χ0) is 18.0. The maximum absolute atomic E-state index is 12.6. The first kappa shape index (κ1) is 18.0. The Morgan fingerprint density at radius 3 is 3.00 bits per heavy atom. The lowest BCUT2D eigenvalue weighted by molar-refractivity contribution is -0.0566. The van der Waals surface area contributed by atoms with E-state index in [1.54, 1.807) is 6.07 Å². The minimum absolute atomic E-state index is 0.0627. The summed E-state index contributed by atoms with van der Waals surface area (Å²) in [6.07, 6.45) is 1.58. The SMILES string of the molecule is CC(C)c1cc(C(=O)N[C@H]2C[C@H]3CO[C@@H](CCO)CN3C2)nc(N)n1. The zero-order valence-electron chi connectivity index (χ0n) is 14.8. The van der Waals surface area contributed by atoms with Crippen LogP contribution in [0.15, 0.2) is 6.07 Å². The smallest absolute Gasteiger partial charge is 0.270 e. The van der Waals surface area contributed by atoms with Crippen LogP contribution in [0, 0.1) is 0 Å². The Balaban J connectivity index is 1.61. The number of carbonyl (C=O) groups is 1. The standard InChI is InChI=1S/C17H27N5O3/c1-10(2)14-6-15(21-17(18)20-14)16(24)19-11-5-12-9-25-13(3-4-23)8-22(12)7-11/h6,10-13,23H,3-5,7-9H2,1-2H3,(H,19,24)(H2,18,20,21)/t11-,12-,13-/m0/s1. The number of morpholine rings is 1. The molecule has 0 spiro atoms. The van der Waals surface area contributed by atoms with Gasteiger partial charge in [-0.25, -0.2) is 9.97 Å². The van der Waals surface area contributed by atoms with E-state index in [9.17, 15) is 4.79 Å². The first-order valence-electron chi connectivity index (χ1n) is 8.88. The van der Waals surface area contributed by atoms with Gasteiger partial charge in [-0.05, 0) is 24.8 Å². The van der Waals surface area contributed by atoms with Crippen LogP contribution in [-0.2, 0) is 4.74 Å². The van der Waals surface area contributed by atoms with Crippen LogP contribution >= 0.6 is 0 Å². The Morgan fingerprint density at radius 1 is 1.48 bits per heavy atom. The van der Waals surface area contributed by atoms with Gasteiger partial charge in [0, 0.05) is 37.5 Å². The fraction of sp³-hybridized carbons (Fsp3) is 0.706. The molecular formula is C17H27N5O3. The van der Waals surface area contributed by atoms with E-state index >= 15 is 0 Å². The Kier molecular flexibility index (Phi) is 5.51. The van der Waals surface area contributed by atoms with Crippen molar-refractivity contribution in [2.24, 2.45) is 0 Å². The van der Waals surface area contributed by atoms with Gasteiger partial charge >= 0.3 is 0 Å². The van der Waals surface area contributed by atoms with Crippen molar-refractivity contribution in [3.05, 3.63) is 17.5 Å². The first-order chi connectivity index (χ1) is 12.0. The summed E-state index contributed by atoms with van der Waals surface area (Å²) < 4.78 is 5.78. The minimum Gasteiger partial charge on any atom is -0.396 e. The molecule has 4 N–H and O–H groups in total. The van der Waals surface area contributed by atoms with Crippen molar-refractivity contribution in [2.75, 3.05) is 32.0 Å². The second kappa shape index (κ2) is 7.63. The molecule has 2 fully saturated rings. The lowest BCUT2D eigenvalue weighted by Gasteiger charge is -2.34. The molecule has 0 saturated carbocycles. The van der Waals surface area contributed by atoms with Gasteiger partial charge in [0.15, 0.2) is 0 Å². The Hall–Kier alpha value is -1.77. The highest BCUT2D eigenvalue weighted by Gasteiger charge is 2.37. The van der Waals surface area contributed by atoms with Crippen molar-refractivity contribution in [3.8, 4) is 0 Å². The highest BCUT2D eigenvalue weighted by atomic mass is 16.5. The summed E-state index contributed by atoms with van der Waals surface area (Å²) in [5, 5.41) is 12.1. The molecular weight excluding hydrogens is 322 g/mol. The van der Waals surface area contributed by atoms with Crippen molar-refractivity contribution in [1.82, 2.24) is 20.2 Å². The van der Waals surface area contributed by atoms with E-state index in [1.165, 1.54) is 0 Å². The van der Waals surface area contributed by atoms with Crippen LogP contribution in [0.25, 0.3) is 0 Å². The third-order valence-electron chi connectivity index (χ3n) is 4.86. The number of fused-ring (bicyclic) bond motifs is 1. The van der Waals surface area contributed by atoms with Crippen LogP contribution in [0.2, 0.25) is 0 Å². The van der Waals surface area contributed by atoms with Gasteiger partial charge in [0.25, 0.3) is 5.91 Å². The van der Waals surface area contributed by atoms with Gasteiger partial charge in [-0.15, -0.1) is 0 Å². The highest BCUT2D eigenvalue weighted by Crippen LogP contribution is 2.24. The van der Waals surface area contributed by atoms with Gasteiger partial charge in [-0.2, -0.15) is 0 Å². The van der Waals surface area contributed by atoms with Crippen molar-refractivity contribution >= 4 is 11.9 Å². The molecule has 8 nitrogen and oxygen atoms in total. The normalized spacial score (nSPS) is 26.6. The summed E-state index contributed by atoms with van der Waals surface area (Å²) in [6, 6.07) is 2.09. The van der Waals surface area contributed by atoms with E-state index in [0.29, 0.717) is 24.8 Å². The number of nitrogen functional groups attached to an aromatic ring is 1. The molecule has 0 aliphatic carbocycles. The summed E-state index contributed by atoms with van der Waals surface area (Å²) in [5.74, 6) is 0.0898. The van der Waals surface area contributed by atoms with Crippen molar-refractivity contribution in [1.29, 1.82) is 0 Å². The maximum Gasteiger partial charge on any atom is 0.270 e. The number of ether oxygens (including phenoxy) is 1. The van der Waals surface area contributed by atoms with Crippen LogP contribution in [0.3, 0.4) is 0 Å². The molecule has 1 aromatic rings. The van der Waals surface area contributed by atoms with E-state index in [2.05, 4.69) is 20.2 Å². The number of aromatic nitrogens is 2. The number of aliphatic hydroxyl groups excluding tert-OH is 1. The van der Waals surface area contributed by atoms with E-state index in [0.717, 1.165) is 25.2 Å². The summed E-state index contributed by atoms with van der Waals surface area (Å²) in [7, 11) is 0. The Morgan fingerprint density at radius 2 is 2.28 bits per heavy atom. The number of hydrogen-bond donors (Lipinski definition) is 3. The van der Waals surface area contributed by atoms with Crippen LogP contribution in [0.5, 0.6) is 0 Å². The van der Waals surface area contributed by atoms with Crippen LogP contribution in [0.1, 0.15) is 48.8 Å². The van der Waals surface area contributed by atoms with Gasteiger partial charge in [0.1, 0.15) is 5.69 Å².